The number of nitriles is 1. The molecular formula is C21H22N4O2. The SMILES string of the molecule is COc1ccccc1C(=O)N1CCC2CCN(c3ncccc3C#N)CC21. The molecule has 6 heteroatoms. The molecule has 0 radical (unpaired) electrons. The summed E-state index contributed by atoms with van der Waals surface area (Å²) >= 11 is 0. The third-order valence-corrected chi connectivity index (χ3v) is 5.67. The number of carbonyl (C=O) groups is 1. The molecule has 0 bridgehead atoms. The second-order valence-electron chi connectivity index (χ2n) is 7.04. The fourth-order valence-electron chi connectivity index (χ4n) is 4.30. The van der Waals surface area contributed by atoms with Crippen LogP contribution in [0.4, 0.5) is 5.82 Å². The van der Waals surface area contributed by atoms with Crippen LogP contribution < -0.4 is 9.64 Å². The van der Waals surface area contributed by atoms with Gasteiger partial charge in [-0.2, -0.15) is 5.26 Å². The Kier molecular flexibility index (Phi) is 4.68. The Morgan fingerprint density at radius 1 is 1.22 bits per heavy atom. The first-order valence-corrected chi connectivity index (χ1v) is 9.27. The van der Waals surface area contributed by atoms with Gasteiger partial charge in [0, 0.05) is 25.8 Å². The predicted molar refractivity (Wildman–Crippen MR) is 102 cm³/mol. The van der Waals surface area contributed by atoms with Gasteiger partial charge in [0.05, 0.1) is 24.3 Å². The van der Waals surface area contributed by atoms with Crippen molar-refractivity contribution in [2.75, 3.05) is 31.6 Å². The Labute approximate surface area is 159 Å². The third-order valence-electron chi connectivity index (χ3n) is 5.67. The minimum atomic E-state index is 0.0170. The zero-order valence-electron chi connectivity index (χ0n) is 15.3. The molecule has 27 heavy (non-hydrogen) atoms. The number of likely N-dealkylation sites (tertiary alicyclic amines) is 1. The lowest BCUT2D eigenvalue weighted by Crippen LogP contribution is -2.50. The number of methoxy groups -OCH3 is 1. The highest BCUT2D eigenvalue weighted by molar-refractivity contribution is 5.97. The summed E-state index contributed by atoms with van der Waals surface area (Å²) in [6.07, 6.45) is 3.74. The molecule has 0 N–H and O–H groups in total. The number of hydrogen-bond donors (Lipinski definition) is 0. The Bertz CT molecular complexity index is 892. The summed E-state index contributed by atoms with van der Waals surface area (Å²) in [5, 5.41) is 9.39. The molecule has 1 amide bonds. The minimum absolute atomic E-state index is 0.0170. The van der Waals surface area contributed by atoms with Crippen molar-refractivity contribution in [2.45, 2.75) is 18.9 Å². The molecule has 2 saturated heterocycles. The lowest BCUT2D eigenvalue weighted by atomic mass is 9.91. The van der Waals surface area contributed by atoms with E-state index in [1.165, 1.54) is 0 Å². The van der Waals surface area contributed by atoms with Crippen molar-refractivity contribution in [3.8, 4) is 11.8 Å². The maximum absolute atomic E-state index is 13.2. The Hall–Kier alpha value is -3.07. The van der Waals surface area contributed by atoms with Crippen LogP contribution in [0.5, 0.6) is 5.75 Å². The number of anilines is 1. The fourth-order valence-corrected chi connectivity index (χ4v) is 4.30. The highest BCUT2D eigenvalue weighted by Gasteiger charge is 2.41. The molecule has 0 aliphatic carbocycles. The van der Waals surface area contributed by atoms with Crippen LogP contribution in [0.1, 0.15) is 28.8 Å². The van der Waals surface area contributed by atoms with Crippen molar-refractivity contribution < 1.29 is 9.53 Å². The van der Waals surface area contributed by atoms with E-state index >= 15 is 0 Å². The first-order chi connectivity index (χ1) is 13.2. The van der Waals surface area contributed by atoms with Gasteiger partial charge in [-0.25, -0.2) is 4.98 Å². The van der Waals surface area contributed by atoms with E-state index in [1.54, 1.807) is 25.4 Å². The van der Waals surface area contributed by atoms with Gasteiger partial charge in [0.1, 0.15) is 17.6 Å². The summed E-state index contributed by atoms with van der Waals surface area (Å²) in [5.41, 5.74) is 1.19. The number of para-hydroxylation sites is 1. The van der Waals surface area contributed by atoms with E-state index in [0.29, 0.717) is 29.3 Å². The topological polar surface area (TPSA) is 69.5 Å². The highest BCUT2D eigenvalue weighted by Crippen LogP contribution is 2.35. The van der Waals surface area contributed by atoms with Gasteiger partial charge in [0.15, 0.2) is 0 Å². The molecule has 138 valence electrons. The van der Waals surface area contributed by atoms with Gasteiger partial charge in [-0.1, -0.05) is 12.1 Å². The Balaban J connectivity index is 1.59. The van der Waals surface area contributed by atoms with E-state index in [2.05, 4.69) is 16.0 Å². The molecule has 2 unspecified atom stereocenters. The maximum Gasteiger partial charge on any atom is 0.257 e. The first kappa shape index (κ1) is 17.3. The summed E-state index contributed by atoms with van der Waals surface area (Å²) in [7, 11) is 1.59. The van der Waals surface area contributed by atoms with Crippen LogP contribution in [0.25, 0.3) is 0 Å². The van der Waals surface area contributed by atoms with Crippen molar-refractivity contribution in [3.05, 3.63) is 53.7 Å². The highest BCUT2D eigenvalue weighted by atomic mass is 16.5. The van der Waals surface area contributed by atoms with Crippen molar-refractivity contribution in [1.29, 1.82) is 5.26 Å². The largest absolute Gasteiger partial charge is 0.496 e. The van der Waals surface area contributed by atoms with Crippen LogP contribution in [0.3, 0.4) is 0 Å². The van der Waals surface area contributed by atoms with Crippen LogP contribution in [-0.2, 0) is 0 Å². The van der Waals surface area contributed by atoms with Gasteiger partial charge in [0.2, 0.25) is 0 Å². The number of fused-ring (bicyclic) bond motifs is 1. The molecule has 4 rings (SSSR count). The lowest BCUT2D eigenvalue weighted by Gasteiger charge is -2.39. The molecule has 2 aromatic rings. The average molecular weight is 362 g/mol. The summed E-state index contributed by atoms with van der Waals surface area (Å²) in [5.74, 6) is 1.84. The van der Waals surface area contributed by atoms with Gasteiger partial charge < -0.3 is 14.5 Å². The number of amides is 1. The molecule has 3 heterocycles. The van der Waals surface area contributed by atoms with Crippen LogP contribution in [0, 0.1) is 17.2 Å². The van der Waals surface area contributed by atoms with E-state index in [-0.39, 0.29) is 11.9 Å². The lowest BCUT2D eigenvalue weighted by molar-refractivity contribution is 0.0708. The van der Waals surface area contributed by atoms with Crippen molar-refractivity contribution in [3.63, 3.8) is 0 Å². The van der Waals surface area contributed by atoms with E-state index in [0.717, 1.165) is 31.7 Å². The van der Waals surface area contributed by atoms with Crippen molar-refractivity contribution in [1.82, 2.24) is 9.88 Å². The molecule has 2 atom stereocenters. The predicted octanol–water partition coefficient (Wildman–Crippen LogP) is 2.70. The molecule has 2 aliphatic heterocycles. The standard InChI is InChI=1S/C21H22N4O2/c1-27-19-7-3-2-6-17(19)21(26)25-12-9-15-8-11-24(14-18(15)25)20-16(13-22)5-4-10-23-20/h2-7,10,15,18H,8-9,11-12,14H2,1H3. The van der Waals surface area contributed by atoms with Gasteiger partial charge in [0.25, 0.3) is 5.91 Å². The molecule has 0 spiro atoms. The molecule has 2 aliphatic rings. The number of aromatic nitrogens is 1. The number of benzene rings is 1. The molecule has 1 aromatic carbocycles. The minimum Gasteiger partial charge on any atom is -0.496 e. The second kappa shape index (κ2) is 7.28. The van der Waals surface area contributed by atoms with Crippen molar-refractivity contribution >= 4 is 11.7 Å². The number of pyridine rings is 1. The zero-order valence-corrected chi connectivity index (χ0v) is 15.3. The monoisotopic (exact) mass is 362 g/mol. The summed E-state index contributed by atoms with van der Waals surface area (Å²) in [4.78, 5) is 21.8. The number of nitrogens with zero attached hydrogens (tertiary/aromatic N) is 4. The Morgan fingerprint density at radius 3 is 2.85 bits per heavy atom. The molecule has 0 saturated carbocycles. The Morgan fingerprint density at radius 2 is 2.04 bits per heavy atom. The van der Waals surface area contributed by atoms with E-state index in [9.17, 15) is 10.1 Å². The average Bonchev–Trinajstić information content (AvgIpc) is 3.16. The van der Waals surface area contributed by atoms with E-state index < -0.39 is 0 Å². The van der Waals surface area contributed by atoms with Gasteiger partial charge in [-0.05, 0) is 43.0 Å². The number of piperidine rings is 1. The van der Waals surface area contributed by atoms with Gasteiger partial charge >= 0.3 is 0 Å². The quantitative estimate of drug-likeness (QED) is 0.840. The normalized spacial score (nSPS) is 21.5. The summed E-state index contributed by atoms with van der Waals surface area (Å²) < 4.78 is 5.38. The molecule has 2 fully saturated rings. The zero-order chi connectivity index (χ0) is 18.8. The van der Waals surface area contributed by atoms with E-state index in [1.807, 2.05) is 29.2 Å². The maximum atomic E-state index is 13.2. The second-order valence-corrected chi connectivity index (χ2v) is 7.04. The number of hydrogen-bond acceptors (Lipinski definition) is 5. The number of carbonyl (C=O) groups excluding carboxylic acids is 1. The van der Waals surface area contributed by atoms with Crippen LogP contribution in [-0.4, -0.2) is 48.6 Å². The smallest absolute Gasteiger partial charge is 0.257 e. The van der Waals surface area contributed by atoms with Crippen molar-refractivity contribution in [2.24, 2.45) is 5.92 Å². The van der Waals surface area contributed by atoms with E-state index in [4.69, 9.17) is 4.74 Å². The molecule has 6 nitrogen and oxygen atoms in total. The summed E-state index contributed by atoms with van der Waals surface area (Å²) in [6.45, 7) is 2.33. The summed E-state index contributed by atoms with van der Waals surface area (Å²) in [6, 6.07) is 13.3. The van der Waals surface area contributed by atoms with Gasteiger partial charge in [-0.3, -0.25) is 4.79 Å². The van der Waals surface area contributed by atoms with Crippen LogP contribution in [0.2, 0.25) is 0 Å². The fraction of sp³-hybridized carbons (Fsp3) is 0.381. The first-order valence-electron chi connectivity index (χ1n) is 9.27. The van der Waals surface area contributed by atoms with Gasteiger partial charge in [-0.15, -0.1) is 0 Å². The third kappa shape index (κ3) is 3.10. The number of ether oxygens (including phenoxy) is 1. The van der Waals surface area contributed by atoms with Crippen LogP contribution >= 0.6 is 0 Å². The molecule has 1 aromatic heterocycles. The van der Waals surface area contributed by atoms with Crippen LogP contribution in [0.15, 0.2) is 42.6 Å². The number of rotatable bonds is 3. The molecular weight excluding hydrogens is 340 g/mol.